The Balaban J connectivity index is 2.58. The molecular weight excluding hydrogens is 208 g/mol. The van der Waals surface area contributed by atoms with Crippen LogP contribution in [0.15, 0.2) is 36.5 Å². The first-order chi connectivity index (χ1) is 7.74. The van der Waals surface area contributed by atoms with E-state index in [2.05, 4.69) is 5.10 Å². The molecular formula is C11H10N2O3. The van der Waals surface area contributed by atoms with Crippen LogP contribution >= 0.6 is 0 Å². The lowest BCUT2D eigenvalue weighted by Crippen LogP contribution is -2.08. The second-order valence-corrected chi connectivity index (χ2v) is 3.11. The maximum atomic E-state index is 11.1. The van der Waals surface area contributed by atoms with E-state index >= 15 is 0 Å². The summed E-state index contributed by atoms with van der Waals surface area (Å²) in [7, 11) is 1.42. The van der Waals surface area contributed by atoms with Crippen LogP contribution in [0.4, 0.5) is 0 Å². The standard InChI is InChI=1S/C11H10N2O3/c1-16-9-7-12-13(10(9)11(14)15)8-5-3-2-4-6-8/h2-7H,1H3,(H,14,15). The molecule has 82 valence electrons. The lowest BCUT2D eigenvalue weighted by molar-refractivity contribution is 0.0683. The van der Waals surface area contributed by atoms with Crippen molar-refractivity contribution in [1.29, 1.82) is 0 Å². The highest BCUT2D eigenvalue weighted by Crippen LogP contribution is 2.20. The average Bonchev–Trinajstić information content (AvgIpc) is 2.73. The number of rotatable bonds is 3. The summed E-state index contributed by atoms with van der Waals surface area (Å²) in [5, 5.41) is 13.1. The molecule has 5 heteroatoms. The molecule has 0 aliphatic carbocycles. The molecule has 0 unspecified atom stereocenters. The molecule has 0 saturated carbocycles. The number of methoxy groups -OCH3 is 1. The minimum Gasteiger partial charge on any atom is -0.493 e. The number of hydrogen-bond donors (Lipinski definition) is 1. The van der Waals surface area contributed by atoms with Crippen molar-refractivity contribution in [3.63, 3.8) is 0 Å². The Hall–Kier alpha value is -2.30. The molecule has 0 amide bonds. The van der Waals surface area contributed by atoms with Crippen molar-refractivity contribution in [3.8, 4) is 11.4 Å². The van der Waals surface area contributed by atoms with Crippen LogP contribution in [-0.2, 0) is 0 Å². The second-order valence-electron chi connectivity index (χ2n) is 3.11. The number of nitrogens with zero attached hydrogens (tertiary/aromatic N) is 2. The first-order valence-electron chi connectivity index (χ1n) is 4.64. The van der Waals surface area contributed by atoms with E-state index in [1.807, 2.05) is 18.2 Å². The molecule has 0 saturated heterocycles. The number of aromatic carboxylic acids is 1. The molecule has 0 radical (unpaired) electrons. The zero-order valence-electron chi connectivity index (χ0n) is 8.62. The van der Waals surface area contributed by atoms with Crippen molar-refractivity contribution in [3.05, 3.63) is 42.2 Å². The van der Waals surface area contributed by atoms with Gasteiger partial charge in [-0.2, -0.15) is 5.10 Å². The van der Waals surface area contributed by atoms with E-state index in [0.717, 1.165) is 0 Å². The Morgan fingerprint density at radius 2 is 2.06 bits per heavy atom. The Labute approximate surface area is 91.9 Å². The van der Waals surface area contributed by atoms with E-state index in [1.54, 1.807) is 12.1 Å². The summed E-state index contributed by atoms with van der Waals surface area (Å²) >= 11 is 0. The Morgan fingerprint density at radius 3 is 2.62 bits per heavy atom. The normalized spacial score (nSPS) is 10.1. The fourth-order valence-corrected chi connectivity index (χ4v) is 1.44. The number of carboxylic acids is 1. The molecule has 2 rings (SSSR count). The average molecular weight is 218 g/mol. The predicted octanol–water partition coefficient (Wildman–Crippen LogP) is 1.58. The maximum absolute atomic E-state index is 11.1. The van der Waals surface area contributed by atoms with Gasteiger partial charge in [-0.3, -0.25) is 0 Å². The second kappa shape index (κ2) is 4.06. The van der Waals surface area contributed by atoms with Gasteiger partial charge >= 0.3 is 5.97 Å². The van der Waals surface area contributed by atoms with Gasteiger partial charge in [0, 0.05) is 0 Å². The van der Waals surface area contributed by atoms with Gasteiger partial charge in [0.05, 0.1) is 19.0 Å². The Morgan fingerprint density at radius 1 is 1.38 bits per heavy atom. The number of para-hydroxylation sites is 1. The van der Waals surface area contributed by atoms with Gasteiger partial charge in [-0.25, -0.2) is 9.48 Å². The van der Waals surface area contributed by atoms with Crippen LogP contribution in [0.25, 0.3) is 5.69 Å². The van der Waals surface area contributed by atoms with Gasteiger partial charge in [0.15, 0.2) is 11.4 Å². The molecule has 1 aromatic carbocycles. The van der Waals surface area contributed by atoms with Crippen LogP contribution in [0, 0.1) is 0 Å². The third kappa shape index (κ3) is 1.63. The number of carbonyl (C=O) groups is 1. The van der Waals surface area contributed by atoms with Crippen molar-refractivity contribution >= 4 is 5.97 Å². The fourth-order valence-electron chi connectivity index (χ4n) is 1.44. The highest BCUT2D eigenvalue weighted by Gasteiger charge is 2.19. The van der Waals surface area contributed by atoms with E-state index in [-0.39, 0.29) is 11.4 Å². The molecule has 5 nitrogen and oxygen atoms in total. The summed E-state index contributed by atoms with van der Waals surface area (Å²) in [5.41, 5.74) is 0.705. The van der Waals surface area contributed by atoms with Crippen molar-refractivity contribution in [2.24, 2.45) is 0 Å². The summed E-state index contributed by atoms with van der Waals surface area (Å²) in [6.07, 6.45) is 1.39. The SMILES string of the molecule is COc1cnn(-c2ccccc2)c1C(=O)O. The van der Waals surface area contributed by atoms with Gasteiger partial charge in [0.1, 0.15) is 0 Å². The summed E-state index contributed by atoms with van der Waals surface area (Å²) in [6, 6.07) is 9.03. The first-order valence-corrected chi connectivity index (χ1v) is 4.64. The number of hydrogen-bond acceptors (Lipinski definition) is 3. The molecule has 1 heterocycles. The lowest BCUT2D eigenvalue weighted by atomic mass is 10.3. The minimum absolute atomic E-state index is 0.0219. The molecule has 0 fully saturated rings. The first kappa shape index (κ1) is 10.2. The number of aromatic nitrogens is 2. The molecule has 0 aliphatic heterocycles. The number of ether oxygens (including phenoxy) is 1. The largest absolute Gasteiger partial charge is 0.493 e. The van der Waals surface area contributed by atoms with Gasteiger partial charge in [-0.15, -0.1) is 0 Å². The van der Waals surface area contributed by atoms with Gasteiger partial charge in [0.2, 0.25) is 0 Å². The van der Waals surface area contributed by atoms with E-state index in [0.29, 0.717) is 5.69 Å². The van der Waals surface area contributed by atoms with Gasteiger partial charge in [-0.05, 0) is 12.1 Å². The number of carboxylic acid groups (broad SMARTS) is 1. The minimum atomic E-state index is -1.07. The Bertz CT molecular complexity index is 505. The van der Waals surface area contributed by atoms with Gasteiger partial charge < -0.3 is 9.84 Å². The lowest BCUT2D eigenvalue weighted by Gasteiger charge is -2.04. The van der Waals surface area contributed by atoms with Crippen molar-refractivity contribution in [2.75, 3.05) is 7.11 Å². The zero-order valence-corrected chi connectivity index (χ0v) is 8.62. The van der Waals surface area contributed by atoms with Crippen LogP contribution in [-0.4, -0.2) is 28.0 Å². The van der Waals surface area contributed by atoms with Crippen LogP contribution in [0.3, 0.4) is 0 Å². The molecule has 1 N–H and O–H groups in total. The monoisotopic (exact) mass is 218 g/mol. The third-order valence-electron chi connectivity index (χ3n) is 2.16. The Kier molecular flexibility index (Phi) is 2.59. The summed E-state index contributed by atoms with van der Waals surface area (Å²) in [6.45, 7) is 0. The fraction of sp³-hybridized carbons (Fsp3) is 0.0909. The molecule has 0 atom stereocenters. The summed E-state index contributed by atoms with van der Waals surface area (Å²) in [5.74, 6) is -0.824. The molecule has 2 aromatic rings. The predicted molar refractivity (Wildman–Crippen MR) is 57.1 cm³/mol. The topological polar surface area (TPSA) is 64.4 Å². The van der Waals surface area contributed by atoms with Crippen LogP contribution in [0.1, 0.15) is 10.5 Å². The smallest absolute Gasteiger partial charge is 0.358 e. The maximum Gasteiger partial charge on any atom is 0.358 e. The van der Waals surface area contributed by atoms with Crippen LogP contribution in [0.2, 0.25) is 0 Å². The zero-order chi connectivity index (χ0) is 11.5. The van der Waals surface area contributed by atoms with Gasteiger partial charge in [0.25, 0.3) is 0 Å². The van der Waals surface area contributed by atoms with E-state index < -0.39 is 5.97 Å². The van der Waals surface area contributed by atoms with Crippen molar-refractivity contribution in [1.82, 2.24) is 9.78 Å². The highest BCUT2D eigenvalue weighted by atomic mass is 16.5. The molecule has 0 spiro atoms. The van der Waals surface area contributed by atoms with E-state index in [1.165, 1.54) is 18.0 Å². The molecule has 16 heavy (non-hydrogen) atoms. The van der Waals surface area contributed by atoms with E-state index in [4.69, 9.17) is 9.84 Å². The van der Waals surface area contributed by atoms with Crippen molar-refractivity contribution in [2.45, 2.75) is 0 Å². The van der Waals surface area contributed by atoms with Crippen LogP contribution < -0.4 is 4.74 Å². The van der Waals surface area contributed by atoms with Crippen LogP contribution in [0.5, 0.6) is 5.75 Å². The molecule has 0 aliphatic rings. The third-order valence-corrected chi connectivity index (χ3v) is 2.16. The summed E-state index contributed by atoms with van der Waals surface area (Å²) < 4.78 is 6.28. The quantitative estimate of drug-likeness (QED) is 0.849. The molecule has 0 bridgehead atoms. The highest BCUT2D eigenvalue weighted by molar-refractivity contribution is 5.89. The summed E-state index contributed by atoms with van der Waals surface area (Å²) in [4.78, 5) is 11.1. The van der Waals surface area contributed by atoms with Gasteiger partial charge in [-0.1, -0.05) is 18.2 Å². The molecule has 1 aromatic heterocycles. The van der Waals surface area contributed by atoms with Crippen molar-refractivity contribution < 1.29 is 14.6 Å². The van der Waals surface area contributed by atoms with E-state index in [9.17, 15) is 4.79 Å². The number of benzene rings is 1.